The summed E-state index contributed by atoms with van der Waals surface area (Å²) in [6, 6.07) is 2.68. The molecule has 1 aromatic carbocycles. The average Bonchev–Trinajstić information content (AvgIpc) is 2.53. The van der Waals surface area contributed by atoms with Crippen molar-refractivity contribution in [3.8, 4) is 0 Å². The minimum Gasteiger partial charge on any atom is -0.452 e. The second-order valence-corrected chi connectivity index (χ2v) is 7.59. The predicted molar refractivity (Wildman–Crippen MR) is 89.6 cm³/mol. The number of ether oxygens (including phenoxy) is 2. The quantitative estimate of drug-likeness (QED) is 0.765. The lowest BCUT2D eigenvalue weighted by Crippen LogP contribution is -2.46. The first-order valence-corrected chi connectivity index (χ1v) is 9.34. The van der Waals surface area contributed by atoms with Gasteiger partial charge in [-0.15, -0.1) is 0 Å². The number of hydrogen-bond donors (Lipinski definition) is 1. The van der Waals surface area contributed by atoms with E-state index in [2.05, 4.69) is 0 Å². The van der Waals surface area contributed by atoms with Crippen molar-refractivity contribution in [1.82, 2.24) is 4.90 Å². The molecule has 1 aliphatic heterocycles. The van der Waals surface area contributed by atoms with Gasteiger partial charge in [0.05, 0.1) is 23.2 Å². The summed E-state index contributed by atoms with van der Waals surface area (Å²) in [5.74, 6) is -1.10. The highest BCUT2D eigenvalue weighted by Gasteiger charge is 2.23. The first-order valence-electron chi connectivity index (χ1n) is 7.80. The Balaban J connectivity index is 2.08. The van der Waals surface area contributed by atoms with Crippen molar-refractivity contribution in [1.29, 1.82) is 0 Å². The van der Waals surface area contributed by atoms with Crippen LogP contribution < -0.4 is 5.14 Å². The van der Waals surface area contributed by atoms with Gasteiger partial charge in [0.15, 0.2) is 6.61 Å². The highest BCUT2D eigenvalue weighted by molar-refractivity contribution is 7.89. The zero-order valence-electron chi connectivity index (χ0n) is 14.4. The monoisotopic (exact) mass is 370 g/mol. The topological polar surface area (TPSA) is 116 Å². The van der Waals surface area contributed by atoms with Gasteiger partial charge in [-0.3, -0.25) is 4.79 Å². The molecule has 1 aliphatic rings. The number of esters is 1. The van der Waals surface area contributed by atoms with Crippen LogP contribution in [-0.4, -0.2) is 57.6 Å². The molecule has 25 heavy (non-hydrogen) atoms. The maximum atomic E-state index is 12.2. The summed E-state index contributed by atoms with van der Waals surface area (Å²) in [6.45, 7) is 6.04. The average molecular weight is 370 g/mol. The van der Waals surface area contributed by atoms with Gasteiger partial charge in [0.2, 0.25) is 10.0 Å². The van der Waals surface area contributed by atoms with E-state index >= 15 is 0 Å². The number of nitrogens with zero attached hydrogens (tertiary/aromatic N) is 1. The number of carbonyl (C=O) groups excluding carboxylic acids is 2. The summed E-state index contributed by atoms with van der Waals surface area (Å²) >= 11 is 0. The summed E-state index contributed by atoms with van der Waals surface area (Å²) in [4.78, 5) is 25.7. The fourth-order valence-corrected chi connectivity index (χ4v) is 3.47. The number of rotatable bonds is 4. The van der Waals surface area contributed by atoms with Crippen LogP contribution in [0.15, 0.2) is 17.0 Å². The molecule has 1 atom stereocenters. The van der Waals surface area contributed by atoms with Crippen molar-refractivity contribution in [3.05, 3.63) is 28.8 Å². The maximum Gasteiger partial charge on any atom is 0.338 e. The molecule has 1 heterocycles. The van der Waals surface area contributed by atoms with Crippen LogP contribution in [0.3, 0.4) is 0 Å². The van der Waals surface area contributed by atoms with Gasteiger partial charge in [0.25, 0.3) is 5.91 Å². The molecule has 1 fully saturated rings. The Morgan fingerprint density at radius 3 is 2.64 bits per heavy atom. The van der Waals surface area contributed by atoms with E-state index < -0.39 is 22.6 Å². The molecule has 0 spiro atoms. The molecule has 138 valence electrons. The summed E-state index contributed by atoms with van der Waals surface area (Å²) in [5.41, 5.74) is 1.10. The lowest BCUT2D eigenvalue weighted by atomic mass is 10.1. The number of hydrogen-bond acceptors (Lipinski definition) is 6. The highest BCUT2D eigenvalue weighted by atomic mass is 32.2. The van der Waals surface area contributed by atoms with Gasteiger partial charge >= 0.3 is 5.97 Å². The van der Waals surface area contributed by atoms with Gasteiger partial charge < -0.3 is 14.4 Å². The van der Waals surface area contributed by atoms with E-state index in [-0.39, 0.29) is 22.5 Å². The number of amides is 1. The van der Waals surface area contributed by atoms with Gasteiger partial charge in [-0.25, -0.2) is 18.4 Å². The zero-order valence-corrected chi connectivity index (χ0v) is 15.3. The molecule has 0 aliphatic carbocycles. The van der Waals surface area contributed by atoms with E-state index in [0.717, 1.165) is 0 Å². The van der Waals surface area contributed by atoms with Crippen LogP contribution in [0.5, 0.6) is 0 Å². The van der Waals surface area contributed by atoms with Gasteiger partial charge in [0, 0.05) is 13.1 Å². The number of nitrogens with two attached hydrogens (primary N) is 1. The molecule has 1 unspecified atom stereocenters. The highest BCUT2D eigenvalue weighted by Crippen LogP contribution is 2.20. The Bertz CT molecular complexity index is 790. The van der Waals surface area contributed by atoms with E-state index in [9.17, 15) is 18.0 Å². The maximum absolute atomic E-state index is 12.2. The van der Waals surface area contributed by atoms with Crippen LogP contribution in [0.4, 0.5) is 0 Å². The Labute approximate surface area is 146 Å². The molecule has 0 aromatic heterocycles. The van der Waals surface area contributed by atoms with Gasteiger partial charge in [-0.2, -0.15) is 0 Å². The molecule has 0 saturated carbocycles. The molecule has 2 N–H and O–H groups in total. The van der Waals surface area contributed by atoms with Crippen LogP contribution in [0.25, 0.3) is 0 Å². The fourth-order valence-electron chi connectivity index (χ4n) is 2.59. The first kappa shape index (κ1) is 19.4. The van der Waals surface area contributed by atoms with E-state index in [1.807, 2.05) is 6.92 Å². The summed E-state index contributed by atoms with van der Waals surface area (Å²) < 4.78 is 33.7. The van der Waals surface area contributed by atoms with Crippen LogP contribution in [0, 0.1) is 13.8 Å². The van der Waals surface area contributed by atoms with Crippen molar-refractivity contribution >= 4 is 21.9 Å². The van der Waals surface area contributed by atoms with Crippen LogP contribution in [0.1, 0.15) is 28.4 Å². The molecule has 1 saturated heterocycles. The minimum absolute atomic E-state index is 0.0373. The number of sulfonamides is 1. The molecule has 0 bridgehead atoms. The minimum atomic E-state index is -3.96. The van der Waals surface area contributed by atoms with Gasteiger partial charge in [-0.05, 0) is 44.0 Å². The second-order valence-electron chi connectivity index (χ2n) is 6.06. The Kier molecular flexibility index (Phi) is 5.81. The molecule has 0 radical (unpaired) electrons. The van der Waals surface area contributed by atoms with Crippen LogP contribution >= 0.6 is 0 Å². The number of aryl methyl sites for hydroxylation is 1. The number of morpholine rings is 1. The molecule has 2 rings (SSSR count). The lowest BCUT2D eigenvalue weighted by Gasteiger charge is -2.30. The van der Waals surface area contributed by atoms with Crippen molar-refractivity contribution in [3.63, 3.8) is 0 Å². The Morgan fingerprint density at radius 1 is 1.36 bits per heavy atom. The van der Waals surface area contributed by atoms with Gasteiger partial charge in [-0.1, -0.05) is 0 Å². The normalized spacial score (nSPS) is 18.1. The molecule has 9 heteroatoms. The Hall–Kier alpha value is -1.97. The molecular formula is C16H22N2O6S. The lowest BCUT2D eigenvalue weighted by molar-refractivity contribution is -0.141. The third kappa shape index (κ3) is 4.77. The second kappa shape index (κ2) is 7.51. The molecule has 1 amide bonds. The third-order valence-electron chi connectivity index (χ3n) is 4.08. The standard InChI is InChI=1S/C16H22N2O6S/c1-10-6-13(7-14(12(10)3)25(17,21)22)16(20)24-9-15(19)18-4-5-23-11(2)8-18/h6-7,11H,4-5,8-9H2,1-3H3,(H2,17,21,22). The van der Waals surface area contributed by atoms with Crippen molar-refractivity contribution in [2.45, 2.75) is 31.8 Å². The van der Waals surface area contributed by atoms with Crippen molar-refractivity contribution < 1.29 is 27.5 Å². The number of primary sulfonamides is 1. The fraction of sp³-hybridized carbons (Fsp3) is 0.500. The largest absolute Gasteiger partial charge is 0.452 e. The van der Waals surface area contributed by atoms with Crippen molar-refractivity contribution in [2.75, 3.05) is 26.3 Å². The number of carbonyl (C=O) groups is 2. The van der Waals surface area contributed by atoms with E-state index in [4.69, 9.17) is 14.6 Å². The first-order chi connectivity index (χ1) is 11.6. The van der Waals surface area contributed by atoms with E-state index in [0.29, 0.717) is 30.8 Å². The summed E-state index contributed by atoms with van der Waals surface area (Å²) in [7, 11) is -3.96. The molecule has 8 nitrogen and oxygen atoms in total. The number of benzene rings is 1. The Morgan fingerprint density at radius 2 is 2.04 bits per heavy atom. The molecule has 1 aromatic rings. The predicted octanol–water partition coefficient (Wildman–Crippen LogP) is 0.355. The zero-order chi connectivity index (χ0) is 18.8. The molecular weight excluding hydrogens is 348 g/mol. The third-order valence-corrected chi connectivity index (χ3v) is 5.12. The van der Waals surface area contributed by atoms with Gasteiger partial charge in [0.1, 0.15) is 0 Å². The summed E-state index contributed by atoms with van der Waals surface area (Å²) in [6.07, 6.45) is -0.0644. The van der Waals surface area contributed by atoms with Crippen LogP contribution in [0.2, 0.25) is 0 Å². The van der Waals surface area contributed by atoms with E-state index in [1.54, 1.807) is 18.7 Å². The van der Waals surface area contributed by atoms with Crippen molar-refractivity contribution in [2.24, 2.45) is 5.14 Å². The van der Waals surface area contributed by atoms with E-state index in [1.165, 1.54) is 12.1 Å². The van der Waals surface area contributed by atoms with Crippen LogP contribution in [-0.2, 0) is 24.3 Å². The summed E-state index contributed by atoms with van der Waals surface area (Å²) in [5, 5.41) is 5.18. The smallest absolute Gasteiger partial charge is 0.338 e. The SMILES string of the molecule is Cc1cc(C(=O)OCC(=O)N2CCOC(C)C2)cc(S(N)(=O)=O)c1C.